The molecule has 1 fully saturated rings. The maximum Gasteiger partial charge on any atom is 0.262 e. The number of nitrogens with zero attached hydrogens (tertiary/aromatic N) is 5. The minimum absolute atomic E-state index is 0.0293. The van der Waals surface area contributed by atoms with Crippen LogP contribution in [0.5, 0.6) is 0 Å². The number of pyridine rings is 1. The fourth-order valence-electron chi connectivity index (χ4n) is 4.15. The fourth-order valence-corrected chi connectivity index (χ4v) is 4.15. The van der Waals surface area contributed by atoms with Gasteiger partial charge in [0.2, 0.25) is 0 Å². The molecule has 1 saturated heterocycles. The van der Waals surface area contributed by atoms with Crippen LogP contribution in [0, 0.1) is 5.92 Å². The van der Waals surface area contributed by atoms with Crippen molar-refractivity contribution in [3.63, 3.8) is 0 Å². The minimum Gasteiger partial charge on any atom is -0.305 e. The maximum atomic E-state index is 13.0. The van der Waals surface area contributed by atoms with Crippen LogP contribution >= 0.6 is 0 Å². The van der Waals surface area contributed by atoms with Crippen LogP contribution in [0.2, 0.25) is 0 Å². The van der Waals surface area contributed by atoms with E-state index in [2.05, 4.69) is 35.7 Å². The maximum absolute atomic E-state index is 13.0. The third-order valence-corrected chi connectivity index (χ3v) is 5.34. The summed E-state index contributed by atoms with van der Waals surface area (Å²) in [5.41, 5.74) is 0.785. The molecule has 3 heterocycles. The number of hydrogen-bond acceptors (Lipinski definition) is 5. The van der Waals surface area contributed by atoms with E-state index in [0.717, 1.165) is 50.4 Å². The summed E-state index contributed by atoms with van der Waals surface area (Å²) in [7, 11) is 2.19. The minimum atomic E-state index is 0.0293. The highest BCUT2D eigenvalue weighted by Crippen LogP contribution is 2.27. The molecule has 0 bridgehead atoms. The standard InChI is InChI=1S/C20H31N5O/c1-5-7-18(24-11-10-23(4)13-15(3)14-24)19-22-17-8-9-21-12-16(17)20(26)25(19)6-2/h8-9,12,15,18H,5-7,10-11,13-14H2,1-4H3/t15?,18-/m1/s1. The van der Waals surface area contributed by atoms with E-state index in [1.807, 2.05) is 17.6 Å². The topological polar surface area (TPSA) is 54.3 Å². The van der Waals surface area contributed by atoms with Gasteiger partial charge < -0.3 is 4.90 Å². The molecule has 2 aromatic rings. The molecule has 0 spiro atoms. The van der Waals surface area contributed by atoms with E-state index in [4.69, 9.17) is 4.98 Å². The van der Waals surface area contributed by atoms with Gasteiger partial charge in [-0.2, -0.15) is 0 Å². The molecule has 2 aromatic heterocycles. The number of aromatic nitrogens is 3. The Morgan fingerprint density at radius 3 is 2.81 bits per heavy atom. The Bertz CT molecular complexity index is 802. The molecule has 0 saturated carbocycles. The van der Waals surface area contributed by atoms with Gasteiger partial charge in [-0.1, -0.05) is 20.3 Å². The van der Waals surface area contributed by atoms with Crippen LogP contribution in [0.4, 0.5) is 0 Å². The average Bonchev–Trinajstić information content (AvgIpc) is 2.79. The van der Waals surface area contributed by atoms with Gasteiger partial charge in [-0.15, -0.1) is 0 Å². The molecule has 3 rings (SSSR count). The SMILES string of the molecule is CCC[C@H](c1nc2ccncc2c(=O)n1CC)N1CCN(C)CC(C)C1. The first-order chi connectivity index (χ1) is 12.5. The lowest BCUT2D eigenvalue weighted by atomic mass is 10.1. The monoisotopic (exact) mass is 357 g/mol. The van der Waals surface area contributed by atoms with Crippen LogP contribution in [0.1, 0.15) is 45.5 Å². The molecule has 142 valence electrons. The lowest BCUT2D eigenvalue weighted by Gasteiger charge is -2.32. The summed E-state index contributed by atoms with van der Waals surface area (Å²) in [6.45, 7) is 11.4. The molecule has 0 N–H and O–H groups in total. The van der Waals surface area contributed by atoms with Gasteiger partial charge in [0, 0.05) is 45.1 Å². The Hall–Kier alpha value is -1.79. The first kappa shape index (κ1) is 19.0. The van der Waals surface area contributed by atoms with Crippen LogP contribution in [0.3, 0.4) is 0 Å². The molecule has 0 amide bonds. The molecule has 6 nitrogen and oxygen atoms in total. The van der Waals surface area contributed by atoms with E-state index < -0.39 is 0 Å². The van der Waals surface area contributed by atoms with Gasteiger partial charge in [-0.05, 0) is 32.4 Å². The highest BCUT2D eigenvalue weighted by atomic mass is 16.1. The Kier molecular flexibility index (Phi) is 6.04. The number of rotatable bonds is 5. The van der Waals surface area contributed by atoms with Crippen molar-refractivity contribution < 1.29 is 0 Å². The molecule has 1 unspecified atom stereocenters. The zero-order valence-electron chi connectivity index (χ0n) is 16.5. The zero-order valence-corrected chi connectivity index (χ0v) is 16.5. The molecule has 26 heavy (non-hydrogen) atoms. The number of hydrogen-bond donors (Lipinski definition) is 0. The first-order valence-electron chi connectivity index (χ1n) is 9.82. The van der Waals surface area contributed by atoms with Crippen molar-refractivity contribution in [1.29, 1.82) is 0 Å². The summed E-state index contributed by atoms with van der Waals surface area (Å²) in [5.74, 6) is 1.52. The van der Waals surface area contributed by atoms with E-state index in [-0.39, 0.29) is 11.6 Å². The molecule has 6 heteroatoms. The molecule has 0 radical (unpaired) electrons. The predicted octanol–water partition coefficient (Wildman–Crippen LogP) is 2.54. The van der Waals surface area contributed by atoms with E-state index in [9.17, 15) is 4.79 Å². The summed E-state index contributed by atoms with van der Waals surface area (Å²) < 4.78 is 1.85. The lowest BCUT2D eigenvalue weighted by Crippen LogP contribution is -2.38. The molecule has 1 aliphatic heterocycles. The van der Waals surface area contributed by atoms with Crippen molar-refractivity contribution in [2.24, 2.45) is 5.92 Å². The second-order valence-electron chi connectivity index (χ2n) is 7.58. The molecular weight excluding hydrogens is 326 g/mol. The second kappa shape index (κ2) is 8.27. The third-order valence-electron chi connectivity index (χ3n) is 5.34. The summed E-state index contributed by atoms with van der Waals surface area (Å²) >= 11 is 0. The Morgan fingerprint density at radius 2 is 2.08 bits per heavy atom. The molecule has 0 aliphatic carbocycles. The smallest absolute Gasteiger partial charge is 0.262 e. The second-order valence-corrected chi connectivity index (χ2v) is 7.58. The third kappa shape index (κ3) is 3.81. The summed E-state index contributed by atoms with van der Waals surface area (Å²) in [6, 6.07) is 2.03. The van der Waals surface area contributed by atoms with Gasteiger partial charge in [0.25, 0.3) is 5.56 Å². The van der Waals surface area contributed by atoms with Gasteiger partial charge in [0.05, 0.1) is 16.9 Å². The molecule has 1 aliphatic rings. The van der Waals surface area contributed by atoms with Crippen LogP contribution in [-0.4, -0.2) is 57.6 Å². The van der Waals surface area contributed by atoms with E-state index >= 15 is 0 Å². The average molecular weight is 358 g/mol. The van der Waals surface area contributed by atoms with Crippen molar-refractivity contribution in [1.82, 2.24) is 24.3 Å². The van der Waals surface area contributed by atoms with Crippen LogP contribution in [0.15, 0.2) is 23.3 Å². The van der Waals surface area contributed by atoms with Crippen molar-refractivity contribution in [3.05, 3.63) is 34.6 Å². The normalized spacial score (nSPS) is 21.0. The highest BCUT2D eigenvalue weighted by molar-refractivity contribution is 5.76. The summed E-state index contributed by atoms with van der Waals surface area (Å²) in [5, 5.41) is 0.609. The quantitative estimate of drug-likeness (QED) is 0.823. The van der Waals surface area contributed by atoms with Crippen molar-refractivity contribution in [2.45, 2.75) is 46.2 Å². The highest BCUT2D eigenvalue weighted by Gasteiger charge is 2.28. The van der Waals surface area contributed by atoms with Gasteiger partial charge in [-0.25, -0.2) is 4.98 Å². The number of likely N-dealkylation sites (N-methyl/N-ethyl adjacent to an activating group) is 1. The van der Waals surface area contributed by atoms with Gasteiger partial charge in [0.15, 0.2) is 0 Å². The first-order valence-corrected chi connectivity index (χ1v) is 9.82. The predicted molar refractivity (Wildman–Crippen MR) is 105 cm³/mol. The summed E-state index contributed by atoms with van der Waals surface area (Å²) in [4.78, 5) is 27.0. The van der Waals surface area contributed by atoms with Crippen molar-refractivity contribution in [3.8, 4) is 0 Å². The van der Waals surface area contributed by atoms with Gasteiger partial charge in [0.1, 0.15) is 5.82 Å². The van der Waals surface area contributed by atoms with E-state index in [0.29, 0.717) is 17.8 Å². The van der Waals surface area contributed by atoms with Crippen LogP contribution in [-0.2, 0) is 6.54 Å². The van der Waals surface area contributed by atoms with E-state index in [1.54, 1.807) is 12.4 Å². The Balaban J connectivity index is 2.08. The fraction of sp³-hybridized carbons (Fsp3) is 0.650. The Labute approximate surface area is 155 Å². The molecule has 2 atom stereocenters. The molecular formula is C20H31N5O. The van der Waals surface area contributed by atoms with Gasteiger partial charge in [-0.3, -0.25) is 19.2 Å². The van der Waals surface area contributed by atoms with Crippen LogP contribution < -0.4 is 5.56 Å². The van der Waals surface area contributed by atoms with Gasteiger partial charge >= 0.3 is 0 Å². The molecule has 0 aromatic carbocycles. The summed E-state index contributed by atoms with van der Waals surface area (Å²) in [6.07, 6.45) is 5.43. The van der Waals surface area contributed by atoms with E-state index in [1.165, 1.54) is 0 Å². The van der Waals surface area contributed by atoms with Crippen molar-refractivity contribution in [2.75, 3.05) is 33.2 Å². The van der Waals surface area contributed by atoms with Crippen LogP contribution in [0.25, 0.3) is 10.9 Å². The lowest BCUT2D eigenvalue weighted by molar-refractivity contribution is 0.167. The Morgan fingerprint density at radius 1 is 1.27 bits per heavy atom. The zero-order chi connectivity index (χ0) is 18.7. The largest absolute Gasteiger partial charge is 0.305 e. The van der Waals surface area contributed by atoms with Crippen molar-refractivity contribution >= 4 is 10.9 Å². The number of fused-ring (bicyclic) bond motifs is 1.